The third-order valence-corrected chi connectivity index (χ3v) is 3.13. The summed E-state index contributed by atoms with van der Waals surface area (Å²) in [6, 6.07) is 16.8. The van der Waals surface area contributed by atoms with Gasteiger partial charge in [-0.3, -0.25) is 0 Å². The zero-order valence-electron chi connectivity index (χ0n) is 10.00. The van der Waals surface area contributed by atoms with E-state index in [1.807, 2.05) is 19.9 Å². The predicted octanol–water partition coefficient (Wildman–Crippen LogP) is 5.45. The van der Waals surface area contributed by atoms with E-state index in [0.29, 0.717) is 0 Å². The van der Waals surface area contributed by atoms with E-state index in [4.69, 9.17) is 0 Å². The van der Waals surface area contributed by atoms with Crippen LogP contribution in [-0.4, -0.2) is 0 Å². The molecule has 0 saturated heterocycles. The van der Waals surface area contributed by atoms with E-state index < -0.39 is 0 Å². The molecule has 0 aliphatic carbocycles. The monoisotopic (exact) mass is 276 g/mol. The summed E-state index contributed by atoms with van der Waals surface area (Å²) in [6.07, 6.45) is 0. The minimum absolute atomic E-state index is 1.17. The Balaban J connectivity index is 0.000000606. The number of aryl methyl sites for hydroxylation is 1. The molecule has 84 valence electrons. The van der Waals surface area contributed by atoms with Crippen molar-refractivity contribution in [3.05, 3.63) is 58.6 Å². The fourth-order valence-corrected chi connectivity index (χ4v) is 1.78. The van der Waals surface area contributed by atoms with Crippen LogP contribution >= 0.6 is 15.9 Å². The minimum atomic E-state index is 1.17. The fraction of sp³-hybridized carbons (Fsp3) is 0.200. The summed E-state index contributed by atoms with van der Waals surface area (Å²) in [6.45, 7) is 6.10. The lowest BCUT2D eigenvalue weighted by Gasteiger charge is -2.03. The summed E-state index contributed by atoms with van der Waals surface area (Å²) < 4.78 is 1.17. The summed E-state index contributed by atoms with van der Waals surface area (Å²) in [5.41, 5.74) is 3.78. The molecular weight excluding hydrogens is 260 g/mol. The molecule has 16 heavy (non-hydrogen) atoms. The second kappa shape index (κ2) is 6.49. The van der Waals surface area contributed by atoms with E-state index >= 15 is 0 Å². The SMILES string of the molecule is CC.Cc1ccc(-c2ccccc2)cc1Br. The van der Waals surface area contributed by atoms with E-state index in [2.05, 4.69) is 65.3 Å². The van der Waals surface area contributed by atoms with Crippen LogP contribution in [0, 0.1) is 6.92 Å². The van der Waals surface area contributed by atoms with Crippen molar-refractivity contribution in [3.8, 4) is 11.1 Å². The zero-order valence-corrected chi connectivity index (χ0v) is 11.6. The molecule has 2 aromatic rings. The maximum absolute atomic E-state index is 3.54. The molecule has 0 bridgehead atoms. The molecular formula is C15H17Br. The van der Waals surface area contributed by atoms with Gasteiger partial charge >= 0.3 is 0 Å². The van der Waals surface area contributed by atoms with Gasteiger partial charge in [-0.2, -0.15) is 0 Å². The van der Waals surface area contributed by atoms with Crippen molar-refractivity contribution in [3.63, 3.8) is 0 Å². The lowest BCUT2D eigenvalue weighted by molar-refractivity contribution is 1.43. The maximum Gasteiger partial charge on any atom is 0.0210 e. The first-order valence-corrected chi connectivity index (χ1v) is 6.38. The van der Waals surface area contributed by atoms with Gasteiger partial charge in [0, 0.05) is 4.47 Å². The lowest BCUT2D eigenvalue weighted by atomic mass is 10.0. The van der Waals surface area contributed by atoms with Gasteiger partial charge in [0.15, 0.2) is 0 Å². The number of hydrogen-bond donors (Lipinski definition) is 0. The first-order chi connectivity index (χ1) is 7.77. The van der Waals surface area contributed by atoms with Crippen molar-refractivity contribution in [2.45, 2.75) is 20.8 Å². The third-order valence-electron chi connectivity index (χ3n) is 2.28. The van der Waals surface area contributed by atoms with Crippen molar-refractivity contribution in [2.75, 3.05) is 0 Å². The average molecular weight is 277 g/mol. The third kappa shape index (κ3) is 3.21. The van der Waals surface area contributed by atoms with E-state index in [0.717, 1.165) is 0 Å². The largest absolute Gasteiger partial charge is 0.0683 e. The standard InChI is InChI=1S/C13H11Br.C2H6/c1-10-7-8-12(9-13(10)14)11-5-3-2-4-6-11;1-2/h2-9H,1H3;1-2H3. The summed E-state index contributed by atoms with van der Waals surface area (Å²) in [5, 5.41) is 0. The first-order valence-electron chi connectivity index (χ1n) is 5.59. The summed E-state index contributed by atoms with van der Waals surface area (Å²) in [4.78, 5) is 0. The van der Waals surface area contributed by atoms with E-state index in [1.54, 1.807) is 0 Å². The van der Waals surface area contributed by atoms with Gasteiger partial charge in [0.25, 0.3) is 0 Å². The maximum atomic E-state index is 3.54. The minimum Gasteiger partial charge on any atom is -0.0683 e. The number of halogens is 1. The molecule has 0 N–H and O–H groups in total. The Hall–Kier alpha value is -1.08. The highest BCUT2D eigenvalue weighted by Crippen LogP contribution is 2.25. The van der Waals surface area contributed by atoms with Gasteiger partial charge in [0.05, 0.1) is 0 Å². The Labute approximate surface area is 106 Å². The first kappa shape index (κ1) is 13.0. The highest BCUT2D eigenvalue weighted by Gasteiger charge is 1.98. The van der Waals surface area contributed by atoms with Gasteiger partial charge in [-0.15, -0.1) is 0 Å². The van der Waals surface area contributed by atoms with E-state index in [-0.39, 0.29) is 0 Å². The van der Waals surface area contributed by atoms with Crippen LogP contribution in [0.2, 0.25) is 0 Å². The number of rotatable bonds is 1. The van der Waals surface area contributed by atoms with Crippen LogP contribution in [-0.2, 0) is 0 Å². The Morgan fingerprint density at radius 1 is 0.812 bits per heavy atom. The summed E-state index contributed by atoms with van der Waals surface area (Å²) in [7, 11) is 0. The van der Waals surface area contributed by atoms with Gasteiger partial charge in [0.1, 0.15) is 0 Å². The zero-order chi connectivity index (χ0) is 12.0. The fourth-order valence-electron chi connectivity index (χ4n) is 1.40. The van der Waals surface area contributed by atoms with Crippen LogP contribution in [0.25, 0.3) is 11.1 Å². The van der Waals surface area contributed by atoms with Crippen LogP contribution in [0.15, 0.2) is 53.0 Å². The summed E-state index contributed by atoms with van der Waals surface area (Å²) in [5.74, 6) is 0. The van der Waals surface area contributed by atoms with Crippen molar-refractivity contribution >= 4 is 15.9 Å². The van der Waals surface area contributed by atoms with Crippen LogP contribution in [0.3, 0.4) is 0 Å². The van der Waals surface area contributed by atoms with Crippen LogP contribution in [0.4, 0.5) is 0 Å². The molecule has 2 rings (SSSR count). The van der Waals surface area contributed by atoms with Crippen molar-refractivity contribution in [2.24, 2.45) is 0 Å². The molecule has 2 aromatic carbocycles. The molecule has 0 aliphatic rings. The predicted molar refractivity (Wildman–Crippen MR) is 75.7 cm³/mol. The number of hydrogen-bond acceptors (Lipinski definition) is 0. The Morgan fingerprint density at radius 2 is 1.44 bits per heavy atom. The average Bonchev–Trinajstić information content (AvgIpc) is 2.36. The van der Waals surface area contributed by atoms with Gasteiger partial charge in [-0.25, -0.2) is 0 Å². The molecule has 0 radical (unpaired) electrons. The van der Waals surface area contributed by atoms with Crippen LogP contribution in [0.5, 0.6) is 0 Å². The van der Waals surface area contributed by atoms with Gasteiger partial charge in [-0.1, -0.05) is 72.2 Å². The van der Waals surface area contributed by atoms with Gasteiger partial charge in [-0.05, 0) is 29.7 Å². The van der Waals surface area contributed by atoms with Crippen LogP contribution in [0.1, 0.15) is 19.4 Å². The molecule has 0 spiro atoms. The lowest BCUT2D eigenvalue weighted by Crippen LogP contribution is -1.79. The van der Waals surface area contributed by atoms with Crippen molar-refractivity contribution in [1.29, 1.82) is 0 Å². The Morgan fingerprint density at radius 3 is 2.00 bits per heavy atom. The second-order valence-electron chi connectivity index (χ2n) is 3.33. The topological polar surface area (TPSA) is 0 Å². The molecule has 0 heterocycles. The normalized spacial score (nSPS) is 9.25. The quantitative estimate of drug-likeness (QED) is 0.650. The van der Waals surface area contributed by atoms with Crippen LogP contribution < -0.4 is 0 Å². The summed E-state index contributed by atoms with van der Waals surface area (Å²) >= 11 is 3.54. The molecule has 0 nitrogen and oxygen atoms in total. The van der Waals surface area contributed by atoms with E-state index in [1.165, 1.54) is 21.2 Å². The van der Waals surface area contributed by atoms with Crippen molar-refractivity contribution < 1.29 is 0 Å². The van der Waals surface area contributed by atoms with Gasteiger partial charge < -0.3 is 0 Å². The molecule has 0 saturated carbocycles. The molecule has 0 atom stereocenters. The molecule has 0 aliphatic heterocycles. The molecule has 0 aromatic heterocycles. The van der Waals surface area contributed by atoms with Crippen molar-refractivity contribution in [1.82, 2.24) is 0 Å². The second-order valence-corrected chi connectivity index (χ2v) is 4.18. The van der Waals surface area contributed by atoms with E-state index in [9.17, 15) is 0 Å². The Kier molecular flexibility index (Phi) is 5.27. The molecule has 0 fully saturated rings. The molecule has 0 unspecified atom stereocenters. The highest BCUT2D eigenvalue weighted by atomic mass is 79.9. The molecule has 0 amide bonds. The smallest absolute Gasteiger partial charge is 0.0210 e. The Bertz CT molecular complexity index is 432. The van der Waals surface area contributed by atoms with Gasteiger partial charge in [0.2, 0.25) is 0 Å². The molecule has 1 heteroatoms. The number of benzene rings is 2. The highest BCUT2D eigenvalue weighted by molar-refractivity contribution is 9.10.